The number of halogens is 6. The van der Waals surface area contributed by atoms with Crippen LogP contribution >= 0.6 is 0 Å². The summed E-state index contributed by atoms with van der Waals surface area (Å²) in [4.78, 5) is 0. The molecule has 1 aromatic rings. The minimum Gasteiger partial charge on any atom is -0.329 e. The molecule has 1 atom stereocenters. The van der Waals surface area contributed by atoms with Crippen LogP contribution in [0.3, 0.4) is 0 Å². The van der Waals surface area contributed by atoms with Crippen molar-refractivity contribution in [2.24, 2.45) is 5.73 Å². The van der Waals surface area contributed by atoms with Gasteiger partial charge in [-0.3, -0.25) is 0 Å². The lowest BCUT2D eigenvalue weighted by Crippen LogP contribution is -2.27. The van der Waals surface area contributed by atoms with Crippen molar-refractivity contribution >= 4 is 0 Å². The first-order chi connectivity index (χ1) is 8.14. The zero-order valence-corrected chi connectivity index (χ0v) is 8.99. The number of nitrogens with two attached hydrogens (primary N) is 1. The maximum atomic E-state index is 13.2. The van der Waals surface area contributed by atoms with Gasteiger partial charge in [0.1, 0.15) is 5.82 Å². The maximum Gasteiger partial charge on any atom is 0.419 e. The molecule has 0 bridgehead atoms. The molecule has 0 amide bonds. The van der Waals surface area contributed by atoms with Gasteiger partial charge in [-0.1, -0.05) is 6.07 Å². The normalized spacial score (nSPS) is 26.2. The minimum atomic E-state index is -4.92. The van der Waals surface area contributed by atoms with Crippen LogP contribution in [0, 0.1) is 5.82 Å². The Balaban J connectivity index is 2.49. The summed E-state index contributed by atoms with van der Waals surface area (Å²) in [5.41, 5.74) is 1.61. The molecule has 2 rings (SSSR count). The lowest BCUT2D eigenvalue weighted by molar-refractivity contribution is -0.140. The predicted molar refractivity (Wildman–Crippen MR) is 51.7 cm³/mol. The van der Waals surface area contributed by atoms with E-state index >= 15 is 0 Å². The summed E-state index contributed by atoms with van der Waals surface area (Å²) in [6, 6.07) is 1.89. The van der Waals surface area contributed by atoms with Crippen LogP contribution in [-0.2, 0) is 11.6 Å². The number of rotatable bonds is 2. The predicted octanol–water partition coefficient (Wildman–Crippen LogP) is 3.08. The first kappa shape index (κ1) is 13.2. The van der Waals surface area contributed by atoms with Crippen molar-refractivity contribution in [2.75, 3.05) is 6.54 Å². The zero-order valence-electron chi connectivity index (χ0n) is 8.99. The van der Waals surface area contributed by atoms with Gasteiger partial charge in [-0.25, -0.2) is 13.2 Å². The van der Waals surface area contributed by atoms with E-state index in [2.05, 4.69) is 0 Å². The third kappa shape index (κ3) is 1.77. The van der Waals surface area contributed by atoms with Crippen LogP contribution in [0.25, 0.3) is 0 Å². The molecule has 1 saturated carbocycles. The number of benzene rings is 1. The molecule has 1 unspecified atom stereocenters. The number of alkyl halides is 5. The second-order valence-corrected chi connectivity index (χ2v) is 4.36. The molecule has 1 aromatic carbocycles. The first-order valence-corrected chi connectivity index (χ1v) is 5.09. The molecule has 0 radical (unpaired) electrons. The van der Waals surface area contributed by atoms with Gasteiger partial charge in [-0.2, -0.15) is 13.2 Å². The van der Waals surface area contributed by atoms with Gasteiger partial charge in [-0.15, -0.1) is 0 Å². The average molecular weight is 269 g/mol. The lowest BCUT2D eigenvalue weighted by Gasteiger charge is -2.17. The van der Waals surface area contributed by atoms with Gasteiger partial charge < -0.3 is 5.73 Å². The highest BCUT2D eigenvalue weighted by molar-refractivity contribution is 5.41. The fraction of sp³-hybridized carbons (Fsp3) is 0.455. The molecule has 7 heteroatoms. The van der Waals surface area contributed by atoms with E-state index in [1.807, 2.05) is 0 Å². The second kappa shape index (κ2) is 3.63. The Kier molecular flexibility index (Phi) is 2.66. The SMILES string of the molecule is NCC1(c2ccc(F)c(C(F)(F)F)c2)CC1(F)F. The van der Waals surface area contributed by atoms with Crippen LogP contribution in [0.15, 0.2) is 18.2 Å². The summed E-state index contributed by atoms with van der Waals surface area (Å²) in [6.07, 6.45) is -5.53. The highest BCUT2D eigenvalue weighted by Crippen LogP contribution is 2.61. The van der Waals surface area contributed by atoms with Crippen molar-refractivity contribution in [2.45, 2.75) is 23.9 Å². The van der Waals surface area contributed by atoms with Crippen molar-refractivity contribution in [3.05, 3.63) is 35.1 Å². The summed E-state index contributed by atoms with van der Waals surface area (Å²) in [5.74, 6) is -4.62. The van der Waals surface area contributed by atoms with Gasteiger partial charge in [0.2, 0.25) is 0 Å². The van der Waals surface area contributed by atoms with Gasteiger partial charge >= 0.3 is 6.18 Å². The molecule has 1 aliphatic carbocycles. The quantitative estimate of drug-likeness (QED) is 0.820. The highest BCUT2D eigenvalue weighted by Gasteiger charge is 2.71. The molecule has 100 valence electrons. The van der Waals surface area contributed by atoms with Crippen molar-refractivity contribution < 1.29 is 26.3 Å². The fourth-order valence-electron chi connectivity index (χ4n) is 2.03. The molecule has 0 saturated heterocycles. The molecule has 0 spiro atoms. The zero-order chi connectivity index (χ0) is 13.8. The molecule has 0 aliphatic heterocycles. The van der Waals surface area contributed by atoms with Gasteiger partial charge in [-0.05, 0) is 17.7 Å². The second-order valence-electron chi connectivity index (χ2n) is 4.36. The summed E-state index contributed by atoms with van der Waals surface area (Å²) < 4.78 is 76.9. The molecule has 0 heterocycles. The topological polar surface area (TPSA) is 26.0 Å². The van der Waals surface area contributed by atoms with Crippen molar-refractivity contribution in [3.63, 3.8) is 0 Å². The summed E-state index contributed by atoms with van der Waals surface area (Å²) in [7, 11) is 0. The van der Waals surface area contributed by atoms with Gasteiger partial charge in [0.25, 0.3) is 5.92 Å². The first-order valence-electron chi connectivity index (χ1n) is 5.09. The monoisotopic (exact) mass is 269 g/mol. The summed E-state index contributed by atoms with van der Waals surface area (Å²) in [6.45, 7) is -0.483. The molecule has 18 heavy (non-hydrogen) atoms. The molecule has 1 nitrogen and oxygen atoms in total. The van der Waals surface area contributed by atoms with E-state index in [4.69, 9.17) is 5.73 Å². The van der Waals surface area contributed by atoms with E-state index in [1.54, 1.807) is 0 Å². The third-order valence-corrected chi connectivity index (χ3v) is 3.27. The standard InChI is InChI=1S/C11H9F6N/c12-8-2-1-6(3-7(8)11(15,16)17)9(5-18)4-10(9,13)14/h1-3H,4-5,18H2. The van der Waals surface area contributed by atoms with E-state index < -0.39 is 41.9 Å². The van der Waals surface area contributed by atoms with Gasteiger partial charge in [0.15, 0.2) is 0 Å². The van der Waals surface area contributed by atoms with E-state index in [0.717, 1.165) is 6.07 Å². The van der Waals surface area contributed by atoms with E-state index in [9.17, 15) is 26.3 Å². The Morgan fingerprint density at radius 2 is 1.78 bits per heavy atom. The smallest absolute Gasteiger partial charge is 0.329 e. The van der Waals surface area contributed by atoms with Crippen LogP contribution in [0.2, 0.25) is 0 Å². The Bertz CT molecular complexity index is 481. The van der Waals surface area contributed by atoms with E-state index in [1.165, 1.54) is 0 Å². The summed E-state index contributed by atoms with van der Waals surface area (Å²) >= 11 is 0. The van der Waals surface area contributed by atoms with Crippen LogP contribution in [0.1, 0.15) is 17.5 Å². The number of hydrogen-bond acceptors (Lipinski definition) is 1. The van der Waals surface area contributed by atoms with Crippen LogP contribution in [-0.4, -0.2) is 12.5 Å². The Hall–Kier alpha value is -1.24. The van der Waals surface area contributed by atoms with Crippen LogP contribution in [0.4, 0.5) is 26.3 Å². The molecule has 2 N–H and O–H groups in total. The van der Waals surface area contributed by atoms with Crippen LogP contribution < -0.4 is 5.73 Å². The third-order valence-electron chi connectivity index (χ3n) is 3.27. The minimum absolute atomic E-state index is 0.274. The maximum absolute atomic E-state index is 13.2. The Morgan fingerprint density at radius 1 is 1.22 bits per heavy atom. The molecule has 1 aliphatic rings. The summed E-state index contributed by atoms with van der Waals surface area (Å²) in [5, 5.41) is 0. The fourth-order valence-corrected chi connectivity index (χ4v) is 2.03. The average Bonchev–Trinajstić information content (AvgIpc) is 2.81. The van der Waals surface area contributed by atoms with E-state index in [0.29, 0.717) is 12.1 Å². The van der Waals surface area contributed by atoms with Gasteiger partial charge in [0, 0.05) is 13.0 Å². The Labute approximate surface area is 98.6 Å². The number of hydrogen-bond donors (Lipinski definition) is 1. The molecular weight excluding hydrogens is 260 g/mol. The lowest BCUT2D eigenvalue weighted by atomic mass is 9.93. The van der Waals surface area contributed by atoms with Crippen molar-refractivity contribution in [1.82, 2.24) is 0 Å². The molecule has 1 fully saturated rings. The Morgan fingerprint density at radius 3 is 2.17 bits per heavy atom. The van der Waals surface area contributed by atoms with Crippen molar-refractivity contribution in [3.8, 4) is 0 Å². The highest BCUT2D eigenvalue weighted by atomic mass is 19.4. The van der Waals surface area contributed by atoms with Gasteiger partial charge in [0.05, 0.1) is 11.0 Å². The van der Waals surface area contributed by atoms with Crippen molar-refractivity contribution in [1.29, 1.82) is 0 Å². The molecular formula is C11H9F6N. The molecule has 0 aromatic heterocycles. The van der Waals surface area contributed by atoms with E-state index in [-0.39, 0.29) is 5.56 Å². The largest absolute Gasteiger partial charge is 0.419 e. The van der Waals surface area contributed by atoms with Crippen LogP contribution in [0.5, 0.6) is 0 Å².